The Hall–Kier alpha value is -2.61. The lowest BCUT2D eigenvalue weighted by Gasteiger charge is -2.25. The van der Waals surface area contributed by atoms with Crippen molar-refractivity contribution in [1.82, 2.24) is 25.0 Å². The predicted octanol–water partition coefficient (Wildman–Crippen LogP) is 1.45. The van der Waals surface area contributed by atoms with E-state index in [1.807, 2.05) is 24.5 Å². The predicted molar refractivity (Wildman–Crippen MR) is 101 cm³/mol. The fraction of sp³-hybridized carbons (Fsp3) is 0.550. The molecule has 4 heterocycles. The average Bonchev–Trinajstić information content (AvgIpc) is 3.35. The Balaban J connectivity index is 1.27. The first kappa shape index (κ1) is 17.5. The normalized spacial score (nSPS) is 23.0. The fourth-order valence-electron chi connectivity index (χ4n) is 4.54. The molecule has 0 saturated carbocycles. The SMILES string of the molecule is CC(C)NC(=O)c1nnc2n1C[C@@H]1CN(Cc3ccc4c(c3)OCO4)C[C@H]1C2. The number of aromatic nitrogens is 3. The first-order valence-corrected chi connectivity index (χ1v) is 9.90. The lowest BCUT2D eigenvalue weighted by Crippen LogP contribution is -2.35. The summed E-state index contributed by atoms with van der Waals surface area (Å²) in [6.07, 6.45) is 0.879. The Bertz CT molecular complexity index is 909. The van der Waals surface area contributed by atoms with Crippen LogP contribution in [0.25, 0.3) is 0 Å². The van der Waals surface area contributed by atoms with E-state index in [1.54, 1.807) is 0 Å². The minimum Gasteiger partial charge on any atom is -0.454 e. The van der Waals surface area contributed by atoms with Gasteiger partial charge in [-0.25, -0.2) is 0 Å². The lowest BCUT2D eigenvalue weighted by molar-refractivity contribution is 0.0924. The molecule has 2 atom stereocenters. The van der Waals surface area contributed by atoms with Gasteiger partial charge in [-0.2, -0.15) is 0 Å². The third kappa shape index (κ3) is 3.11. The van der Waals surface area contributed by atoms with E-state index < -0.39 is 0 Å². The van der Waals surface area contributed by atoms with Gasteiger partial charge in [-0.3, -0.25) is 9.69 Å². The van der Waals surface area contributed by atoms with Crippen LogP contribution in [0, 0.1) is 11.8 Å². The van der Waals surface area contributed by atoms with Crippen molar-refractivity contribution >= 4 is 5.91 Å². The van der Waals surface area contributed by atoms with Gasteiger partial charge in [0.15, 0.2) is 11.5 Å². The molecule has 1 aromatic carbocycles. The second-order valence-corrected chi connectivity index (χ2v) is 8.28. The van der Waals surface area contributed by atoms with Crippen molar-refractivity contribution in [2.45, 2.75) is 39.4 Å². The van der Waals surface area contributed by atoms with Gasteiger partial charge in [-0.15, -0.1) is 10.2 Å². The van der Waals surface area contributed by atoms with Gasteiger partial charge in [0.1, 0.15) is 5.82 Å². The summed E-state index contributed by atoms with van der Waals surface area (Å²) in [4.78, 5) is 14.9. The van der Waals surface area contributed by atoms with Gasteiger partial charge in [-0.05, 0) is 43.4 Å². The third-order valence-electron chi connectivity index (χ3n) is 5.81. The summed E-state index contributed by atoms with van der Waals surface area (Å²) in [6, 6.07) is 6.26. The number of hydrogen-bond acceptors (Lipinski definition) is 6. The quantitative estimate of drug-likeness (QED) is 0.861. The number of amides is 1. The standard InChI is InChI=1S/C20H25N5O3/c1-12(2)21-20(26)19-23-22-18-6-14-8-24(9-15(14)10-25(18)19)7-13-3-4-16-17(5-13)28-11-27-16/h3-5,12,14-15H,6-11H2,1-2H3,(H,21,26)/t14-,15+/m1/s1. The zero-order chi connectivity index (χ0) is 19.3. The van der Waals surface area contributed by atoms with Crippen LogP contribution in [0.3, 0.4) is 0 Å². The van der Waals surface area contributed by atoms with Crippen molar-refractivity contribution in [2.75, 3.05) is 19.9 Å². The number of likely N-dealkylation sites (tertiary alicyclic amines) is 1. The third-order valence-corrected chi connectivity index (χ3v) is 5.81. The molecule has 1 aromatic heterocycles. The number of carbonyl (C=O) groups is 1. The molecule has 8 heteroatoms. The van der Waals surface area contributed by atoms with Gasteiger partial charge in [0.05, 0.1) is 0 Å². The Labute approximate surface area is 163 Å². The maximum absolute atomic E-state index is 12.4. The maximum atomic E-state index is 12.4. The molecule has 1 N–H and O–H groups in total. The highest BCUT2D eigenvalue weighted by Crippen LogP contribution is 2.35. The first-order chi connectivity index (χ1) is 13.6. The molecule has 0 radical (unpaired) electrons. The van der Waals surface area contributed by atoms with Gasteiger partial charge in [0.25, 0.3) is 5.91 Å². The number of ether oxygens (including phenoxy) is 2. The van der Waals surface area contributed by atoms with Crippen LogP contribution >= 0.6 is 0 Å². The molecule has 0 bridgehead atoms. The molecule has 8 nitrogen and oxygen atoms in total. The Morgan fingerprint density at radius 1 is 1.18 bits per heavy atom. The van der Waals surface area contributed by atoms with Crippen LogP contribution in [-0.2, 0) is 19.5 Å². The lowest BCUT2D eigenvalue weighted by atomic mass is 9.89. The van der Waals surface area contributed by atoms with Gasteiger partial charge >= 0.3 is 0 Å². The minimum absolute atomic E-state index is 0.0838. The van der Waals surface area contributed by atoms with Gasteiger partial charge < -0.3 is 19.4 Å². The summed E-state index contributed by atoms with van der Waals surface area (Å²) in [7, 11) is 0. The summed E-state index contributed by atoms with van der Waals surface area (Å²) in [6.45, 7) is 7.97. The molecule has 0 aliphatic carbocycles. The summed E-state index contributed by atoms with van der Waals surface area (Å²) in [5.74, 6) is 3.97. The molecule has 5 rings (SSSR count). The zero-order valence-electron chi connectivity index (χ0n) is 16.2. The van der Waals surface area contributed by atoms with Crippen LogP contribution in [0.1, 0.15) is 35.9 Å². The van der Waals surface area contributed by atoms with E-state index in [0.717, 1.165) is 49.9 Å². The van der Waals surface area contributed by atoms with Crippen LogP contribution < -0.4 is 14.8 Å². The monoisotopic (exact) mass is 383 g/mol. The van der Waals surface area contributed by atoms with E-state index in [4.69, 9.17) is 9.47 Å². The van der Waals surface area contributed by atoms with Crippen molar-refractivity contribution in [3.05, 3.63) is 35.4 Å². The molecule has 148 valence electrons. The van der Waals surface area contributed by atoms with E-state index in [9.17, 15) is 4.79 Å². The molecular weight excluding hydrogens is 358 g/mol. The minimum atomic E-state index is -0.137. The summed E-state index contributed by atoms with van der Waals surface area (Å²) in [5, 5.41) is 11.4. The molecule has 2 aromatic rings. The van der Waals surface area contributed by atoms with Crippen LogP contribution in [0.2, 0.25) is 0 Å². The van der Waals surface area contributed by atoms with Crippen molar-refractivity contribution in [1.29, 1.82) is 0 Å². The van der Waals surface area contributed by atoms with Crippen LogP contribution in [0.4, 0.5) is 0 Å². The van der Waals surface area contributed by atoms with E-state index in [-0.39, 0.29) is 11.9 Å². The van der Waals surface area contributed by atoms with E-state index >= 15 is 0 Å². The fourth-order valence-corrected chi connectivity index (χ4v) is 4.54. The van der Waals surface area contributed by atoms with Gasteiger partial charge in [-0.1, -0.05) is 6.07 Å². The highest BCUT2D eigenvalue weighted by atomic mass is 16.7. The number of benzene rings is 1. The van der Waals surface area contributed by atoms with Crippen LogP contribution in [0.15, 0.2) is 18.2 Å². The van der Waals surface area contributed by atoms with E-state index in [0.29, 0.717) is 24.5 Å². The van der Waals surface area contributed by atoms with Gasteiger partial charge in [0.2, 0.25) is 12.6 Å². The highest BCUT2D eigenvalue weighted by Gasteiger charge is 2.39. The molecule has 3 aliphatic heterocycles. The summed E-state index contributed by atoms with van der Waals surface area (Å²) in [5.41, 5.74) is 1.24. The number of carbonyl (C=O) groups excluding carboxylic acids is 1. The summed E-state index contributed by atoms with van der Waals surface area (Å²) >= 11 is 0. The number of fused-ring (bicyclic) bond motifs is 3. The van der Waals surface area contributed by atoms with Crippen molar-refractivity contribution < 1.29 is 14.3 Å². The number of hydrogen-bond donors (Lipinski definition) is 1. The maximum Gasteiger partial charge on any atom is 0.289 e. The highest BCUT2D eigenvalue weighted by molar-refractivity contribution is 5.90. The Morgan fingerprint density at radius 3 is 2.86 bits per heavy atom. The van der Waals surface area contributed by atoms with Gasteiger partial charge in [0, 0.05) is 38.6 Å². The van der Waals surface area contributed by atoms with Crippen molar-refractivity contribution in [2.24, 2.45) is 11.8 Å². The van der Waals surface area contributed by atoms with Crippen LogP contribution in [0.5, 0.6) is 11.5 Å². The van der Waals surface area contributed by atoms with E-state index in [2.05, 4.69) is 32.5 Å². The zero-order valence-corrected chi connectivity index (χ0v) is 16.2. The molecule has 1 amide bonds. The van der Waals surface area contributed by atoms with Crippen LogP contribution in [-0.4, -0.2) is 51.5 Å². The topological polar surface area (TPSA) is 81.5 Å². The van der Waals surface area contributed by atoms with Crippen molar-refractivity contribution in [3.63, 3.8) is 0 Å². The molecule has 1 fully saturated rings. The number of nitrogens with one attached hydrogen (secondary N) is 1. The average molecular weight is 383 g/mol. The smallest absolute Gasteiger partial charge is 0.289 e. The Kier molecular flexibility index (Phi) is 4.23. The number of rotatable bonds is 4. The van der Waals surface area contributed by atoms with E-state index in [1.165, 1.54) is 5.56 Å². The number of nitrogens with zero attached hydrogens (tertiary/aromatic N) is 4. The largest absolute Gasteiger partial charge is 0.454 e. The molecule has 28 heavy (non-hydrogen) atoms. The Morgan fingerprint density at radius 2 is 2.00 bits per heavy atom. The summed E-state index contributed by atoms with van der Waals surface area (Å²) < 4.78 is 12.9. The molecule has 0 unspecified atom stereocenters. The van der Waals surface area contributed by atoms with Crippen molar-refractivity contribution in [3.8, 4) is 11.5 Å². The second kappa shape index (κ2) is 6.77. The second-order valence-electron chi connectivity index (χ2n) is 8.28. The molecule has 0 spiro atoms. The molecular formula is C20H25N5O3. The first-order valence-electron chi connectivity index (χ1n) is 9.90. The molecule has 3 aliphatic rings. The molecule has 1 saturated heterocycles.